The average molecular weight is 434 g/mol. The lowest BCUT2D eigenvalue weighted by Gasteiger charge is -2.10. The lowest BCUT2D eigenvalue weighted by Crippen LogP contribution is -2.05. The highest BCUT2D eigenvalue weighted by atomic mass is 35.5. The van der Waals surface area contributed by atoms with Crippen LogP contribution in [0, 0.1) is 0 Å². The molecule has 4 nitrogen and oxygen atoms in total. The van der Waals surface area contributed by atoms with Gasteiger partial charge in [-0.25, -0.2) is 0 Å². The molecule has 0 spiro atoms. The van der Waals surface area contributed by atoms with E-state index in [1.165, 1.54) is 17.3 Å². The standard InChI is InChI=1S/C24H20ClN3OS/c1-2-17-8-10-18(11-9-17)22(29)16-30-24-27-26-23(19-6-4-3-5-7-19)28(24)21-14-12-20(25)13-15-21/h3-15H,2,16H2,1H3. The van der Waals surface area contributed by atoms with Crippen molar-refractivity contribution in [2.45, 2.75) is 18.5 Å². The lowest BCUT2D eigenvalue weighted by atomic mass is 10.1. The van der Waals surface area contributed by atoms with Gasteiger partial charge in [0.05, 0.1) is 5.75 Å². The highest BCUT2D eigenvalue weighted by Crippen LogP contribution is 2.29. The van der Waals surface area contributed by atoms with Crippen LogP contribution < -0.4 is 0 Å². The normalized spacial score (nSPS) is 10.9. The van der Waals surface area contributed by atoms with E-state index in [1.807, 2.05) is 83.4 Å². The number of thioether (sulfide) groups is 1. The van der Waals surface area contributed by atoms with Crippen molar-refractivity contribution in [3.63, 3.8) is 0 Å². The summed E-state index contributed by atoms with van der Waals surface area (Å²) >= 11 is 7.45. The largest absolute Gasteiger partial charge is 0.293 e. The molecule has 6 heteroatoms. The van der Waals surface area contributed by atoms with Crippen molar-refractivity contribution < 1.29 is 4.79 Å². The summed E-state index contributed by atoms with van der Waals surface area (Å²) in [4.78, 5) is 12.7. The molecule has 0 radical (unpaired) electrons. The second kappa shape index (κ2) is 9.28. The smallest absolute Gasteiger partial charge is 0.196 e. The topological polar surface area (TPSA) is 47.8 Å². The van der Waals surface area contributed by atoms with E-state index in [-0.39, 0.29) is 11.5 Å². The van der Waals surface area contributed by atoms with E-state index in [0.29, 0.717) is 15.7 Å². The summed E-state index contributed by atoms with van der Waals surface area (Å²) in [6, 6.07) is 25.2. The maximum atomic E-state index is 12.7. The van der Waals surface area contributed by atoms with Crippen molar-refractivity contribution in [3.8, 4) is 17.1 Å². The molecule has 1 aromatic heterocycles. The molecule has 4 rings (SSSR count). The van der Waals surface area contributed by atoms with E-state index in [0.717, 1.165) is 23.5 Å². The van der Waals surface area contributed by atoms with Gasteiger partial charge in [0, 0.05) is 21.8 Å². The van der Waals surface area contributed by atoms with E-state index >= 15 is 0 Å². The minimum Gasteiger partial charge on any atom is -0.293 e. The fraction of sp³-hybridized carbons (Fsp3) is 0.125. The zero-order valence-electron chi connectivity index (χ0n) is 16.5. The first kappa shape index (κ1) is 20.4. The minimum atomic E-state index is 0.0644. The molecule has 1 heterocycles. The van der Waals surface area contributed by atoms with Gasteiger partial charge in [-0.15, -0.1) is 10.2 Å². The maximum absolute atomic E-state index is 12.7. The zero-order chi connectivity index (χ0) is 20.9. The van der Waals surface area contributed by atoms with Crippen molar-refractivity contribution in [3.05, 3.63) is 95.0 Å². The van der Waals surface area contributed by atoms with Crippen LogP contribution in [-0.2, 0) is 6.42 Å². The molecular weight excluding hydrogens is 414 g/mol. The molecule has 0 aliphatic carbocycles. The van der Waals surface area contributed by atoms with Crippen LogP contribution in [0.15, 0.2) is 84.0 Å². The molecule has 0 saturated heterocycles. The number of nitrogens with zero attached hydrogens (tertiary/aromatic N) is 3. The van der Waals surface area contributed by atoms with E-state index in [1.54, 1.807) is 0 Å². The molecular formula is C24H20ClN3OS. The number of ketones is 1. The number of aryl methyl sites for hydroxylation is 1. The Morgan fingerprint density at radius 2 is 1.63 bits per heavy atom. The second-order valence-corrected chi connectivity index (χ2v) is 8.13. The van der Waals surface area contributed by atoms with Gasteiger partial charge in [-0.2, -0.15) is 0 Å². The Kier molecular flexibility index (Phi) is 6.31. The van der Waals surface area contributed by atoms with Crippen molar-refractivity contribution in [2.75, 3.05) is 5.75 Å². The number of rotatable bonds is 7. The Balaban J connectivity index is 1.63. The number of carbonyl (C=O) groups excluding carboxylic acids is 1. The Labute approximate surface area is 184 Å². The van der Waals surface area contributed by atoms with Gasteiger partial charge in [0.15, 0.2) is 16.8 Å². The van der Waals surface area contributed by atoms with E-state index < -0.39 is 0 Å². The average Bonchev–Trinajstić information content (AvgIpc) is 3.22. The first-order chi connectivity index (χ1) is 14.7. The SMILES string of the molecule is CCc1ccc(C(=O)CSc2nnc(-c3ccccc3)n2-c2ccc(Cl)cc2)cc1. The third-order valence-electron chi connectivity index (χ3n) is 4.77. The van der Waals surface area contributed by atoms with Crippen molar-refractivity contribution in [1.82, 2.24) is 14.8 Å². The van der Waals surface area contributed by atoms with Crippen molar-refractivity contribution in [1.29, 1.82) is 0 Å². The quantitative estimate of drug-likeness (QED) is 0.260. The predicted octanol–water partition coefficient (Wildman–Crippen LogP) is 6.13. The summed E-state index contributed by atoms with van der Waals surface area (Å²) in [7, 11) is 0. The molecule has 0 amide bonds. The van der Waals surface area contributed by atoms with Crippen molar-refractivity contribution in [2.24, 2.45) is 0 Å². The molecule has 0 bridgehead atoms. The lowest BCUT2D eigenvalue weighted by molar-refractivity contribution is 0.102. The fourth-order valence-electron chi connectivity index (χ4n) is 3.10. The number of hydrogen-bond acceptors (Lipinski definition) is 4. The summed E-state index contributed by atoms with van der Waals surface area (Å²) in [5.74, 6) is 1.07. The van der Waals surface area contributed by atoms with Crippen LogP contribution in [0.3, 0.4) is 0 Å². The second-order valence-electron chi connectivity index (χ2n) is 6.75. The van der Waals surface area contributed by atoms with Crippen LogP contribution >= 0.6 is 23.4 Å². The summed E-state index contributed by atoms with van der Waals surface area (Å²) in [6.45, 7) is 2.10. The van der Waals surface area contributed by atoms with Gasteiger partial charge >= 0.3 is 0 Å². The Hall–Kier alpha value is -2.89. The van der Waals surface area contributed by atoms with Gasteiger partial charge in [0.25, 0.3) is 0 Å². The number of halogens is 1. The van der Waals surface area contributed by atoms with Gasteiger partial charge in [-0.3, -0.25) is 9.36 Å². The number of carbonyl (C=O) groups is 1. The summed E-state index contributed by atoms with van der Waals surface area (Å²) in [5.41, 5.74) is 3.77. The molecule has 150 valence electrons. The monoisotopic (exact) mass is 433 g/mol. The third-order valence-corrected chi connectivity index (χ3v) is 5.95. The summed E-state index contributed by atoms with van der Waals surface area (Å²) < 4.78 is 1.96. The molecule has 0 fully saturated rings. The first-order valence-electron chi connectivity index (χ1n) is 9.67. The molecule has 0 aliphatic rings. The molecule has 0 atom stereocenters. The number of hydrogen-bond donors (Lipinski definition) is 0. The molecule has 30 heavy (non-hydrogen) atoms. The van der Waals surface area contributed by atoms with Crippen molar-refractivity contribution >= 4 is 29.1 Å². The van der Waals surface area contributed by atoms with E-state index in [2.05, 4.69) is 17.1 Å². The Morgan fingerprint density at radius 1 is 0.933 bits per heavy atom. The van der Waals surface area contributed by atoms with Crippen LogP contribution in [0.1, 0.15) is 22.8 Å². The highest BCUT2D eigenvalue weighted by Gasteiger charge is 2.17. The van der Waals surface area contributed by atoms with Crippen LogP contribution in [0.2, 0.25) is 5.02 Å². The van der Waals surface area contributed by atoms with Gasteiger partial charge in [-0.1, -0.05) is 84.9 Å². The number of aromatic nitrogens is 3. The fourth-order valence-corrected chi connectivity index (χ4v) is 4.07. The molecule has 0 N–H and O–H groups in total. The van der Waals surface area contributed by atoms with Gasteiger partial charge in [0.1, 0.15) is 0 Å². The predicted molar refractivity (Wildman–Crippen MR) is 123 cm³/mol. The van der Waals surface area contributed by atoms with Crippen LogP contribution in [0.5, 0.6) is 0 Å². The Morgan fingerprint density at radius 3 is 2.30 bits per heavy atom. The molecule has 0 unspecified atom stereocenters. The van der Waals surface area contributed by atoms with Gasteiger partial charge < -0.3 is 0 Å². The molecule has 3 aromatic carbocycles. The minimum absolute atomic E-state index is 0.0644. The third kappa shape index (κ3) is 4.48. The van der Waals surface area contributed by atoms with E-state index in [4.69, 9.17) is 11.6 Å². The molecule has 0 saturated carbocycles. The Bertz CT molecular complexity index is 1140. The van der Waals surface area contributed by atoms with Crippen LogP contribution in [0.4, 0.5) is 0 Å². The van der Waals surface area contributed by atoms with Crippen LogP contribution in [0.25, 0.3) is 17.1 Å². The maximum Gasteiger partial charge on any atom is 0.196 e. The van der Waals surface area contributed by atoms with Gasteiger partial charge in [0.2, 0.25) is 0 Å². The highest BCUT2D eigenvalue weighted by molar-refractivity contribution is 7.99. The number of benzene rings is 3. The van der Waals surface area contributed by atoms with Crippen LogP contribution in [-0.4, -0.2) is 26.3 Å². The van der Waals surface area contributed by atoms with E-state index in [9.17, 15) is 4.79 Å². The molecule has 0 aliphatic heterocycles. The molecule has 4 aromatic rings. The van der Waals surface area contributed by atoms with Gasteiger partial charge in [-0.05, 0) is 36.2 Å². The number of Topliss-reactive ketones (excluding diaryl/α,β-unsaturated/α-hetero) is 1. The first-order valence-corrected chi connectivity index (χ1v) is 11.0. The summed E-state index contributed by atoms with van der Waals surface area (Å²) in [5, 5.41) is 10.1. The summed E-state index contributed by atoms with van der Waals surface area (Å²) in [6.07, 6.45) is 0.954. The zero-order valence-corrected chi connectivity index (χ0v) is 18.0.